The topological polar surface area (TPSA) is 74.8 Å². The van der Waals surface area contributed by atoms with Crippen molar-refractivity contribution in [1.82, 2.24) is 15.2 Å². The number of nitrogens with zero attached hydrogens (tertiary/aromatic N) is 3. The molecule has 2 saturated heterocycles. The summed E-state index contributed by atoms with van der Waals surface area (Å²) in [5.74, 6) is 0.598. The van der Waals surface area contributed by atoms with Gasteiger partial charge in [-0.1, -0.05) is 18.2 Å². The minimum Gasteiger partial charge on any atom is -0.376 e. The van der Waals surface area contributed by atoms with Crippen molar-refractivity contribution < 1.29 is 14.3 Å². The minimum absolute atomic E-state index is 0.0586. The fourth-order valence-corrected chi connectivity index (χ4v) is 4.04. The summed E-state index contributed by atoms with van der Waals surface area (Å²) in [6.45, 7) is 5.72. The maximum atomic E-state index is 12.9. The van der Waals surface area contributed by atoms with Gasteiger partial charge in [0, 0.05) is 51.1 Å². The second kappa shape index (κ2) is 9.26. The van der Waals surface area contributed by atoms with Crippen LogP contribution in [0.4, 0.5) is 5.82 Å². The molecular formula is C23H28N4O3. The van der Waals surface area contributed by atoms with Crippen LogP contribution in [-0.2, 0) is 4.74 Å². The molecule has 2 aliphatic heterocycles. The van der Waals surface area contributed by atoms with Gasteiger partial charge in [-0.2, -0.15) is 0 Å². The van der Waals surface area contributed by atoms with Gasteiger partial charge in [0.1, 0.15) is 5.82 Å². The number of rotatable bonds is 5. The second-order valence-electron chi connectivity index (χ2n) is 7.81. The molecule has 158 valence electrons. The summed E-state index contributed by atoms with van der Waals surface area (Å²) in [6, 6.07) is 11.3. The van der Waals surface area contributed by atoms with Gasteiger partial charge in [-0.25, -0.2) is 4.98 Å². The Morgan fingerprint density at radius 3 is 2.60 bits per heavy atom. The highest BCUT2D eigenvalue weighted by Crippen LogP contribution is 2.21. The zero-order valence-corrected chi connectivity index (χ0v) is 17.3. The fraction of sp³-hybridized carbons (Fsp3) is 0.435. The van der Waals surface area contributed by atoms with Crippen molar-refractivity contribution in [2.24, 2.45) is 0 Å². The lowest BCUT2D eigenvalue weighted by Crippen LogP contribution is -2.49. The van der Waals surface area contributed by atoms with Gasteiger partial charge in [0.2, 0.25) is 0 Å². The number of hydrogen-bond acceptors (Lipinski definition) is 5. The van der Waals surface area contributed by atoms with Crippen LogP contribution in [0, 0.1) is 6.92 Å². The van der Waals surface area contributed by atoms with Gasteiger partial charge in [-0.15, -0.1) is 0 Å². The largest absolute Gasteiger partial charge is 0.376 e. The Hall–Kier alpha value is -2.93. The first-order valence-corrected chi connectivity index (χ1v) is 10.6. The van der Waals surface area contributed by atoms with Crippen LogP contribution in [0.3, 0.4) is 0 Å². The molecule has 2 aromatic rings. The van der Waals surface area contributed by atoms with Crippen LogP contribution in [-0.4, -0.2) is 67.1 Å². The zero-order valence-electron chi connectivity index (χ0n) is 17.3. The van der Waals surface area contributed by atoms with Gasteiger partial charge < -0.3 is 19.9 Å². The van der Waals surface area contributed by atoms with Crippen molar-refractivity contribution in [3.8, 4) is 0 Å². The molecule has 0 spiro atoms. The third kappa shape index (κ3) is 4.46. The monoisotopic (exact) mass is 408 g/mol. The molecule has 0 unspecified atom stereocenters. The van der Waals surface area contributed by atoms with Crippen LogP contribution in [0.2, 0.25) is 0 Å². The van der Waals surface area contributed by atoms with Gasteiger partial charge in [0.05, 0.1) is 11.7 Å². The molecule has 7 heteroatoms. The highest BCUT2D eigenvalue weighted by molar-refractivity contribution is 5.99. The first-order valence-electron chi connectivity index (χ1n) is 10.6. The summed E-state index contributed by atoms with van der Waals surface area (Å²) in [6.07, 6.45) is 3.84. The number of hydrogen-bond donors (Lipinski definition) is 1. The van der Waals surface area contributed by atoms with Crippen LogP contribution < -0.4 is 10.2 Å². The molecule has 4 rings (SSSR count). The van der Waals surface area contributed by atoms with Gasteiger partial charge in [0.15, 0.2) is 0 Å². The van der Waals surface area contributed by atoms with Gasteiger partial charge >= 0.3 is 0 Å². The Labute approximate surface area is 177 Å². The molecule has 7 nitrogen and oxygen atoms in total. The van der Waals surface area contributed by atoms with E-state index in [0.717, 1.165) is 30.6 Å². The number of aryl methyl sites for hydroxylation is 1. The number of benzene rings is 1. The van der Waals surface area contributed by atoms with E-state index in [9.17, 15) is 9.59 Å². The normalized spacial score (nSPS) is 19.0. The van der Waals surface area contributed by atoms with E-state index < -0.39 is 0 Å². The van der Waals surface area contributed by atoms with Gasteiger partial charge in [-0.3, -0.25) is 9.59 Å². The van der Waals surface area contributed by atoms with Crippen molar-refractivity contribution in [2.75, 3.05) is 44.2 Å². The molecule has 1 aromatic carbocycles. The highest BCUT2D eigenvalue weighted by atomic mass is 16.5. The van der Waals surface area contributed by atoms with E-state index in [1.807, 2.05) is 36.1 Å². The van der Waals surface area contributed by atoms with Crippen molar-refractivity contribution in [1.29, 1.82) is 0 Å². The standard InChI is InChI=1S/C23H28N4O3/c1-17-6-2-3-8-19(17)23(29)27-13-11-26(12-14-27)21-20(9-4-10-24-21)22(28)25-16-18-7-5-15-30-18/h2-4,6,8-10,18H,5,7,11-16H2,1H3,(H,25,28)/t18-/m1/s1. The van der Waals surface area contributed by atoms with E-state index in [1.165, 1.54) is 0 Å². The smallest absolute Gasteiger partial charge is 0.255 e. The van der Waals surface area contributed by atoms with Crippen molar-refractivity contribution >= 4 is 17.6 Å². The Balaban J connectivity index is 1.39. The van der Waals surface area contributed by atoms with Crippen LogP contribution in [0.5, 0.6) is 0 Å². The molecule has 0 aliphatic carbocycles. The number of ether oxygens (including phenoxy) is 1. The lowest BCUT2D eigenvalue weighted by molar-refractivity contribution is 0.0744. The van der Waals surface area contributed by atoms with E-state index >= 15 is 0 Å². The van der Waals surface area contributed by atoms with Crippen LogP contribution >= 0.6 is 0 Å². The molecule has 1 aromatic heterocycles. The van der Waals surface area contributed by atoms with Crippen molar-refractivity contribution in [2.45, 2.75) is 25.9 Å². The van der Waals surface area contributed by atoms with Crippen LogP contribution in [0.25, 0.3) is 0 Å². The zero-order chi connectivity index (χ0) is 20.9. The average Bonchev–Trinajstić information content (AvgIpc) is 3.31. The predicted octanol–water partition coefficient (Wildman–Crippen LogP) is 2.26. The molecule has 1 atom stereocenters. The maximum absolute atomic E-state index is 12.9. The number of carbonyl (C=O) groups excluding carboxylic acids is 2. The van der Waals surface area contributed by atoms with E-state index in [1.54, 1.807) is 18.3 Å². The van der Waals surface area contributed by atoms with Gasteiger partial charge in [-0.05, 0) is 43.5 Å². The minimum atomic E-state index is -0.132. The molecule has 0 saturated carbocycles. The SMILES string of the molecule is Cc1ccccc1C(=O)N1CCN(c2ncccc2C(=O)NC[C@H]2CCCO2)CC1. The number of amides is 2. The molecule has 2 fully saturated rings. The summed E-state index contributed by atoms with van der Waals surface area (Å²) in [4.78, 5) is 34.1. The number of anilines is 1. The van der Waals surface area contributed by atoms with E-state index in [2.05, 4.69) is 15.2 Å². The lowest BCUT2D eigenvalue weighted by Gasteiger charge is -2.36. The summed E-state index contributed by atoms with van der Waals surface area (Å²) in [7, 11) is 0. The number of pyridine rings is 1. The molecular weight excluding hydrogens is 380 g/mol. The average molecular weight is 409 g/mol. The number of aromatic nitrogens is 1. The third-order valence-corrected chi connectivity index (χ3v) is 5.79. The summed E-state index contributed by atoms with van der Waals surface area (Å²) >= 11 is 0. The molecule has 2 aliphatic rings. The summed E-state index contributed by atoms with van der Waals surface area (Å²) in [5.41, 5.74) is 2.30. The highest BCUT2D eigenvalue weighted by Gasteiger charge is 2.26. The maximum Gasteiger partial charge on any atom is 0.255 e. The van der Waals surface area contributed by atoms with E-state index in [4.69, 9.17) is 4.74 Å². The molecule has 1 N–H and O–H groups in total. The first-order chi connectivity index (χ1) is 14.6. The Morgan fingerprint density at radius 1 is 1.10 bits per heavy atom. The first kappa shape index (κ1) is 20.3. The van der Waals surface area contributed by atoms with Crippen LogP contribution in [0.15, 0.2) is 42.6 Å². The molecule has 30 heavy (non-hydrogen) atoms. The van der Waals surface area contributed by atoms with Gasteiger partial charge in [0.25, 0.3) is 11.8 Å². The Kier molecular flexibility index (Phi) is 6.28. The number of nitrogens with one attached hydrogen (secondary N) is 1. The molecule has 2 amide bonds. The quantitative estimate of drug-likeness (QED) is 0.822. The predicted molar refractivity (Wildman–Crippen MR) is 115 cm³/mol. The molecule has 3 heterocycles. The van der Waals surface area contributed by atoms with E-state index in [0.29, 0.717) is 44.1 Å². The Bertz CT molecular complexity index is 903. The Morgan fingerprint density at radius 2 is 1.87 bits per heavy atom. The summed E-state index contributed by atoms with van der Waals surface area (Å²) in [5, 5.41) is 2.98. The lowest BCUT2D eigenvalue weighted by atomic mass is 10.1. The third-order valence-electron chi connectivity index (χ3n) is 5.79. The van der Waals surface area contributed by atoms with Crippen LogP contribution in [0.1, 0.15) is 39.1 Å². The van der Waals surface area contributed by atoms with Crippen molar-refractivity contribution in [3.05, 3.63) is 59.3 Å². The number of carbonyl (C=O) groups is 2. The van der Waals surface area contributed by atoms with Crippen molar-refractivity contribution in [3.63, 3.8) is 0 Å². The number of piperazine rings is 1. The molecule has 0 bridgehead atoms. The molecule has 0 radical (unpaired) electrons. The fourth-order valence-electron chi connectivity index (χ4n) is 4.04. The summed E-state index contributed by atoms with van der Waals surface area (Å²) < 4.78 is 5.59. The second-order valence-corrected chi connectivity index (χ2v) is 7.81. The van der Waals surface area contributed by atoms with E-state index in [-0.39, 0.29) is 17.9 Å².